The minimum absolute atomic E-state index is 0.000536. The number of nitrogens with zero attached hydrogens (tertiary/aromatic N) is 1. The molecule has 0 aromatic heterocycles. The highest BCUT2D eigenvalue weighted by Gasteiger charge is 2.34. The van der Waals surface area contributed by atoms with E-state index in [0.29, 0.717) is 18.0 Å². The number of anilines is 1. The van der Waals surface area contributed by atoms with Crippen LogP contribution in [0.4, 0.5) is 5.69 Å². The van der Waals surface area contributed by atoms with E-state index in [1.54, 1.807) is 14.2 Å². The van der Waals surface area contributed by atoms with Crippen molar-refractivity contribution < 1.29 is 14.2 Å². The summed E-state index contributed by atoms with van der Waals surface area (Å²) < 4.78 is 16.4. The van der Waals surface area contributed by atoms with Crippen LogP contribution >= 0.6 is 0 Å². The summed E-state index contributed by atoms with van der Waals surface area (Å²) in [6.07, 6.45) is 1.94. The second-order valence-electron chi connectivity index (χ2n) is 7.15. The number of rotatable bonds is 7. The van der Waals surface area contributed by atoms with Crippen LogP contribution in [0, 0.1) is 0 Å². The largest absolute Gasteiger partial charge is 0.493 e. The van der Waals surface area contributed by atoms with Crippen molar-refractivity contribution in [3.8, 4) is 11.5 Å². The number of guanidine groups is 1. The predicted octanol–water partition coefficient (Wildman–Crippen LogP) is 3.83. The number of hydrogen-bond donors (Lipinski definition) is 2. The van der Waals surface area contributed by atoms with Crippen molar-refractivity contribution >= 4 is 11.6 Å². The Morgan fingerprint density at radius 3 is 2.41 bits per heavy atom. The van der Waals surface area contributed by atoms with E-state index in [0.717, 1.165) is 44.2 Å². The first kappa shape index (κ1) is 21.0. The lowest BCUT2D eigenvalue weighted by Gasteiger charge is -2.36. The summed E-state index contributed by atoms with van der Waals surface area (Å²) in [6, 6.07) is 16.4. The monoisotopic (exact) mass is 397 g/mol. The fourth-order valence-corrected chi connectivity index (χ4v) is 3.68. The summed E-state index contributed by atoms with van der Waals surface area (Å²) >= 11 is 0. The molecule has 0 unspecified atom stereocenters. The second kappa shape index (κ2) is 10.2. The highest BCUT2D eigenvalue weighted by atomic mass is 16.5. The maximum Gasteiger partial charge on any atom is 0.195 e. The van der Waals surface area contributed by atoms with E-state index in [9.17, 15) is 0 Å². The third kappa shape index (κ3) is 5.21. The van der Waals surface area contributed by atoms with Gasteiger partial charge in [0.05, 0.1) is 20.8 Å². The molecule has 0 spiro atoms. The molecule has 0 amide bonds. The number of benzene rings is 2. The van der Waals surface area contributed by atoms with Crippen LogP contribution in [0.3, 0.4) is 0 Å². The molecular formula is C23H31N3O3. The summed E-state index contributed by atoms with van der Waals surface area (Å²) in [5.74, 6) is 2.13. The lowest BCUT2D eigenvalue weighted by atomic mass is 9.74. The summed E-state index contributed by atoms with van der Waals surface area (Å²) in [5, 5.41) is 6.73. The van der Waals surface area contributed by atoms with Gasteiger partial charge in [0.25, 0.3) is 0 Å². The Morgan fingerprint density at radius 2 is 1.76 bits per heavy atom. The first-order valence-corrected chi connectivity index (χ1v) is 10.1. The molecule has 1 saturated heterocycles. The topological polar surface area (TPSA) is 64.1 Å². The van der Waals surface area contributed by atoms with E-state index in [2.05, 4.69) is 47.9 Å². The van der Waals surface area contributed by atoms with Crippen LogP contribution in [-0.4, -0.2) is 46.5 Å². The van der Waals surface area contributed by atoms with Crippen LogP contribution < -0.4 is 20.1 Å². The number of nitrogens with one attached hydrogen (secondary N) is 2. The van der Waals surface area contributed by atoms with E-state index < -0.39 is 0 Å². The number of ether oxygens (including phenoxy) is 3. The molecule has 6 heteroatoms. The van der Waals surface area contributed by atoms with Crippen LogP contribution in [0.15, 0.2) is 53.5 Å². The van der Waals surface area contributed by atoms with Gasteiger partial charge in [0.15, 0.2) is 17.5 Å². The first-order valence-electron chi connectivity index (χ1n) is 10.1. The van der Waals surface area contributed by atoms with Gasteiger partial charge in [-0.15, -0.1) is 0 Å². The molecule has 156 valence electrons. The van der Waals surface area contributed by atoms with Crippen molar-refractivity contribution in [3.05, 3.63) is 54.1 Å². The number of aliphatic imine (C=N–C) groups is 1. The molecule has 29 heavy (non-hydrogen) atoms. The third-order valence-electron chi connectivity index (χ3n) is 5.37. The van der Waals surface area contributed by atoms with Crippen molar-refractivity contribution in [1.29, 1.82) is 0 Å². The van der Waals surface area contributed by atoms with Gasteiger partial charge >= 0.3 is 0 Å². The molecule has 2 N–H and O–H groups in total. The normalized spacial score (nSPS) is 16.2. The minimum Gasteiger partial charge on any atom is -0.493 e. The number of methoxy groups -OCH3 is 2. The Bertz CT molecular complexity index is 802. The molecule has 0 saturated carbocycles. The quantitative estimate of drug-likeness (QED) is 0.549. The zero-order valence-corrected chi connectivity index (χ0v) is 17.5. The summed E-state index contributed by atoms with van der Waals surface area (Å²) in [6.45, 7) is 5.07. The molecule has 0 aliphatic carbocycles. The van der Waals surface area contributed by atoms with E-state index >= 15 is 0 Å². The molecule has 6 nitrogen and oxygen atoms in total. The van der Waals surface area contributed by atoms with Gasteiger partial charge in [-0.2, -0.15) is 0 Å². The van der Waals surface area contributed by atoms with Gasteiger partial charge < -0.3 is 24.8 Å². The van der Waals surface area contributed by atoms with Crippen molar-refractivity contribution in [1.82, 2.24) is 5.32 Å². The Morgan fingerprint density at radius 1 is 1.03 bits per heavy atom. The van der Waals surface area contributed by atoms with Gasteiger partial charge in [-0.3, -0.25) is 4.99 Å². The first-order chi connectivity index (χ1) is 14.2. The van der Waals surface area contributed by atoms with Gasteiger partial charge in [-0.05, 0) is 37.5 Å². The molecule has 1 aliphatic heterocycles. The summed E-state index contributed by atoms with van der Waals surface area (Å²) in [4.78, 5) is 4.95. The van der Waals surface area contributed by atoms with Crippen molar-refractivity contribution in [2.45, 2.75) is 25.2 Å². The Balaban J connectivity index is 1.82. The zero-order valence-electron chi connectivity index (χ0n) is 17.5. The Hall–Kier alpha value is -2.73. The van der Waals surface area contributed by atoms with Gasteiger partial charge in [-0.1, -0.05) is 30.3 Å². The van der Waals surface area contributed by atoms with Crippen molar-refractivity contribution in [2.24, 2.45) is 4.99 Å². The molecule has 0 radical (unpaired) electrons. The van der Waals surface area contributed by atoms with E-state index in [1.165, 1.54) is 5.56 Å². The van der Waals surface area contributed by atoms with Gasteiger partial charge in [0, 0.05) is 36.9 Å². The van der Waals surface area contributed by atoms with Gasteiger partial charge in [-0.25, -0.2) is 0 Å². The molecule has 0 bridgehead atoms. The van der Waals surface area contributed by atoms with Crippen molar-refractivity contribution in [2.75, 3.05) is 45.8 Å². The minimum atomic E-state index is -0.000536. The van der Waals surface area contributed by atoms with Gasteiger partial charge in [0.2, 0.25) is 0 Å². The number of hydrogen-bond acceptors (Lipinski definition) is 4. The molecule has 1 fully saturated rings. The fraction of sp³-hybridized carbons (Fsp3) is 0.435. The maximum absolute atomic E-state index is 5.64. The van der Waals surface area contributed by atoms with Gasteiger partial charge in [0.1, 0.15) is 0 Å². The summed E-state index contributed by atoms with van der Waals surface area (Å²) in [5.41, 5.74) is 2.22. The molecule has 3 rings (SSSR count). The molecule has 2 aromatic rings. The second-order valence-corrected chi connectivity index (χ2v) is 7.15. The SMILES string of the molecule is CCNC(=NCC1(c2ccccc2)CCOCC1)Nc1ccc(OC)c(OC)c1. The van der Waals surface area contributed by atoms with Crippen LogP contribution in [0.2, 0.25) is 0 Å². The van der Waals surface area contributed by atoms with Crippen LogP contribution in [-0.2, 0) is 10.2 Å². The Labute approximate surface area is 173 Å². The van der Waals surface area contributed by atoms with Crippen molar-refractivity contribution in [3.63, 3.8) is 0 Å². The smallest absolute Gasteiger partial charge is 0.195 e. The van der Waals surface area contributed by atoms with Crippen LogP contribution in [0.1, 0.15) is 25.3 Å². The molecule has 2 aromatic carbocycles. The third-order valence-corrected chi connectivity index (χ3v) is 5.37. The highest BCUT2D eigenvalue weighted by molar-refractivity contribution is 5.94. The Kier molecular flexibility index (Phi) is 7.36. The maximum atomic E-state index is 5.64. The highest BCUT2D eigenvalue weighted by Crippen LogP contribution is 2.35. The van der Waals surface area contributed by atoms with E-state index in [4.69, 9.17) is 19.2 Å². The molecular weight excluding hydrogens is 366 g/mol. The molecule has 1 heterocycles. The summed E-state index contributed by atoms with van der Waals surface area (Å²) in [7, 11) is 3.27. The predicted molar refractivity (Wildman–Crippen MR) is 117 cm³/mol. The zero-order chi connectivity index (χ0) is 20.5. The van der Waals surface area contributed by atoms with Crippen LogP contribution in [0.5, 0.6) is 11.5 Å². The molecule has 0 atom stereocenters. The average molecular weight is 398 g/mol. The lowest BCUT2D eigenvalue weighted by Crippen LogP contribution is -2.39. The van der Waals surface area contributed by atoms with E-state index in [1.807, 2.05) is 18.2 Å². The molecule has 1 aliphatic rings. The lowest BCUT2D eigenvalue weighted by molar-refractivity contribution is 0.0531. The fourth-order valence-electron chi connectivity index (χ4n) is 3.68. The average Bonchev–Trinajstić information content (AvgIpc) is 2.78. The van der Waals surface area contributed by atoms with Crippen LogP contribution in [0.25, 0.3) is 0 Å². The standard InChI is InChI=1S/C23H31N3O3/c1-4-24-22(26-19-10-11-20(27-2)21(16-19)28-3)25-17-23(12-14-29-15-13-23)18-8-6-5-7-9-18/h5-11,16H,4,12-15,17H2,1-3H3,(H2,24,25,26). The van der Waals surface area contributed by atoms with E-state index in [-0.39, 0.29) is 5.41 Å².